The smallest absolute Gasteiger partial charge is 0.157 e. The SMILES string of the molecule is C=C(N)C(O)(c1cc(Cl)ccc1N)c1ccccc1C#N. The maximum atomic E-state index is 11.1. The van der Waals surface area contributed by atoms with Crippen LogP contribution in [0.5, 0.6) is 0 Å². The van der Waals surface area contributed by atoms with Crippen LogP contribution >= 0.6 is 11.6 Å². The molecule has 5 heteroatoms. The van der Waals surface area contributed by atoms with Gasteiger partial charge in [0.2, 0.25) is 0 Å². The highest BCUT2D eigenvalue weighted by Gasteiger charge is 2.37. The molecule has 2 rings (SSSR count). The van der Waals surface area contributed by atoms with E-state index >= 15 is 0 Å². The third-order valence-corrected chi connectivity index (χ3v) is 3.54. The number of halogens is 1. The molecule has 0 spiro atoms. The Morgan fingerprint density at radius 2 is 1.90 bits per heavy atom. The van der Waals surface area contributed by atoms with Crippen LogP contribution < -0.4 is 11.5 Å². The van der Waals surface area contributed by atoms with Crippen molar-refractivity contribution in [1.82, 2.24) is 0 Å². The highest BCUT2D eigenvalue weighted by atomic mass is 35.5. The van der Waals surface area contributed by atoms with E-state index in [1.165, 1.54) is 6.07 Å². The number of nitrogens with two attached hydrogens (primary N) is 2. The summed E-state index contributed by atoms with van der Waals surface area (Å²) in [5, 5.41) is 20.8. The van der Waals surface area contributed by atoms with Crippen molar-refractivity contribution >= 4 is 17.3 Å². The van der Waals surface area contributed by atoms with Crippen LogP contribution in [0.15, 0.2) is 54.7 Å². The standard InChI is InChI=1S/C16H14ClN3O/c1-10(19)16(21,13-5-3-2-4-11(13)9-18)14-8-12(17)6-7-15(14)20/h2-8,21H,1,19-20H2. The number of aliphatic hydroxyl groups is 1. The van der Waals surface area contributed by atoms with Crippen molar-refractivity contribution in [1.29, 1.82) is 5.26 Å². The van der Waals surface area contributed by atoms with Gasteiger partial charge in [-0.3, -0.25) is 0 Å². The Morgan fingerprint density at radius 1 is 1.24 bits per heavy atom. The Bertz CT molecular complexity index is 751. The van der Waals surface area contributed by atoms with Gasteiger partial charge in [0.1, 0.15) is 0 Å². The highest BCUT2D eigenvalue weighted by molar-refractivity contribution is 6.30. The van der Waals surface area contributed by atoms with Gasteiger partial charge in [0, 0.05) is 27.5 Å². The van der Waals surface area contributed by atoms with Crippen LogP contribution in [0.4, 0.5) is 5.69 Å². The average Bonchev–Trinajstić information content (AvgIpc) is 2.48. The molecule has 0 saturated heterocycles. The lowest BCUT2D eigenvalue weighted by Crippen LogP contribution is -2.35. The van der Waals surface area contributed by atoms with Gasteiger partial charge in [0.25, 0.3) is 0 Å². The minimum Gasteiger partial charge on any atom is -0.400 e. The van der Waals surface area contributed by atoms with E-state index in [4.69, 9.17) is 23.1 Å². The van der Waals surface area contributed by atoms with Gasteiger partial charge in [0.15, 0.2) is 5.60 Å². The molecule has 2 aromatic carbocycles. The van der Waals surface area contributed by atoms with E-state index in [0.717, 1.165) is 0 Å². The molecule has 0 aromatic heterocycles. The van der Waals surface area contributed by atoms with Crippen LogP contribution in [-0.4, -0.2) is 5.11 Å². The minimum absolute atomic E-state index is 0.0424. The van der Waals surface area contributed by atoms with Crippen molar-refractivity contribution in [3.8, 4) is 6.07 Å². The number of anilines is 1. The van der Waals surface area contributed by atoms with Gasteiger partial charge in [0.05, 0.1) is 11.6 Å². The van der Waals surface area contributed by atoms with E-state index in [-0.39, 0.29) is 11.3 Å². The number of hydrogen-bond acceptors (Lipinski definition) is 4. The van der Waals surface area contributed by atoms with Crippen LogP contribution in [-0.2, 0) is 5.60 Å². The lowest BCUT2D eigenvalue weighted by Gasteiger charge is -2.31. The normalized spacial score (nSPS) is 13.2. The minimum atomic E-state index is -1.79. The summed E-state index contributed by atoms with van der Waals surface area (Å²) in [4.78, 5) is 0. The monoisotopic (exact) mass is 299 g/mol. The zero-order valence-corrected chi connectivity index (χ0v) is 11.9. The van der Waals surface area contributed by atoms with E-state index < -0.39 is 5.60 Å². The Morgan fingerprint density at radius 3 is 2.52 bits per heavy atom. The number of nitrogen functional groups attached to an aromatic ring is 1. The first-order valence-corrected chi connectivity index (χ1v) is 6.51. The van der Waals surface area contributed by atoms with E-state index in [2.05, 4.69) is 6.58 Å². The average molecular weight is 300 g/mol. The Balaban J connectivity index is 2.81. The Labute approximate surface area is 127 Å². The predicted molar refractivity (Wildman–Crippen MR) is 83.3 cm³/mol. The zero-order chi connectivity index (χ0) is 15.6. The summed E-state index contributed by atoms with van der Waals surface area (Å²) in [5.41, 5.74) is 11.1. The largest absolute Gasteiger partial charge is 0.400 e. The molecule has 2 aromatic rings. The number of hydrogen-bond donors (Lipinski definition) is 3. The van der Waals surface area contributed by atoms with Crippen LogP contribution in [0.1, 0.15) is 16.7 Å². The fourth-order valence-corrected chi connectivity index (χ4v) is 2.40. The molecule has 5 N–H and O–H groups in total. The van der Waals surface area contributed by atoms with Crippen molar-refractivity contribution in [3.63, 3.8) is 0 Å². The molecule has 4 nitrogen and oxygen atoms in total. The van der Waals surface area contributed by atoms with Gasteiger partial charge in [-0.15, -0.1) is 0 Å². The number of nitriles is 1. The summed E-state index contributed by atoms with van der Waals surface area (Å²) < 4.78 is 0. The van der Waals surface area contributed by atoms with Gasteiger partial charge in [-0.1, -0.05) is 36.4 Å². The number of nitrogens with zero attached hydrogens (tertiary/aromatic N) is 1. The molecule has 1 atom stereocenters. The fourth-order valence-electron chi connectivity index (χ4n) is 2.23. The number of rotatable bonds is 3. The summed E-state index contributed by atoms with van der Waals surface area (Å²) in [7, 11) is 0. The van der Waals surface area contributed by atoms with E-state index in [0.29, 0.717) is 21.8 Å². The predicted octanol–water partition coefficient (Wildman–Crippen LogP) is 2.50. The quantitative estimate of drug-likeness (QED) is 0.759. The maximum Gasteiger partial charge on any atom is 0.157 e. The molecule has 0 aliphatic rings. The topological polar surface area (TPSA) is 96.1 Å². The first-order valence-electron chi connectivity index (χ1n) is 6.13. The molecule has 1 unspecified atom stereocenters. The Kier molecular flexibility index (Phi) is 3.90. The molecule has 0 aliphatic carbocycles. The molecule has 0 fully saturated rings. The second kappa shape index (κ2) is 5.49. The molecule has 0 radical (unpaired) electrons. The molecule has 0 saturated carbocycles. The molecular weight excluding hydrogens is 286 g/mol. The van der Waals surface area contributed by atoms with Crippen LogP contribution in [0.2, 0.25) is 5.02 Å². The summed E-state index contributed by atoms with van der Waals surface area (Å²) in [6.45, 7) is 3.65. The first kappa shape index (κ1) is 14.9. The van der Waals surface area contributed by atoms with Crippen molar-refractivity contribution in [3.05, 3.63) is 76.5 Å². The van der Waals surface area contributed by atoms with Gasteiger partial charge in [-0.05, 0) is 24.3 Å². The molecule has 106 valence electrons. The lowest BCUT2D eigenvalue weighted by atomic mass is 9.81. The summed E-state index contributed by atoms with van der Waals surface area (Å²) >= 11 is 5.99. The first-order chi connectivity index (χ1) is 9.91. The van der Waals surface area contributed by atoms with Gasteiger partial charge in [-0.25, -0.2) is 0 Å². The number of benzene rings is 2. The van der Waals surface area contributed by atoms with E-state index in [1.807, 2.05) is 6.07 Å². The van der Waals surface area contributed by atoms with Gasteiger partial charge < -0.3 is 16.6 Å². The lowest BCUT2D eigenvalue weighted by molar-refractivity contribution is 0.120. The van der Waals surface area contributed by atoms with Gasteiger partial charge >= 0.3 is 0 Å². The third-order valence-electron chi connectivity index (χ3n) is 3.31. The van der Waals surface area contributed by atoms with Crippen molar-refractivity contribution in [2.75, 3.05) is 5.73 Å². The summed E-state index contributed by atoms with van der Waals surface area (Å²) in [6.07, 6.45) is 0. The third kappa shape index (κ3) is 2.45. The van der Waals surface area contributed by atoms with Crippen molar-refractivity contribution in [2.45, 2.75) is 5.60 Å². The maximum absolute atomic E-state index is 11.1. The second-order valence-corrected chi connectivity index (χ2v) is 5.06. The fraction of sp³-hybridized carbons (Fsp3) is 0.0625. The van der Waals surface area contributed by atoms with Crippen molar-refractivity contribution < 1.29 is 5.11 Å². The summed E-state index contributed by atoms with van der Waals surface area (Å²) in [6, 6.07) is 13.3. The highest BCUT2D eigenvalue weighted by Crippen LogP contribution is 2.39. The van der Waals surface area contributed by atoms with Crippen LogP contribution in [0.25, 0.3) is 0 Å². The molecular formula is C16H14ClN3O. The van der Waals surface area contributed by atoms with Crippen molar-refractivity contribution in [2.24, 2.45) is 5.73 Å². The molecule has 0 heterocycles. The molecule has 0 bridgehead atoms. The summed E-state index contributed by atoms with van der Waals surface area (Å²) in [5.74, 6) is 0. The van der Waals surface area contributed by atoms with Gasteiger partial charge in [-0.2, -0.15) is 5.26 Å². The molecule has 21 heavy (non-hydrogen) atoms. The second-order valence-electron chi connectivity index (χ2n) is 4.62. The zero-order valence-electron chi connectivity index (χ0n) is 11.2. The van der Waals surface area contributed by atoms with Crippen LogP contribution in [0.3, 0.4) is 0 Å². The molecule has 0 aliphatic heterocycles. The van der Waals surface area contributed by atoms with Crippen LogP contribution in [0, 0.1) is 11.3 Å². The van der Waals surface area contributed by atoms with E-state index in [9.17, 15) is 10.4 Å². The molecule has 0 amide bonds. The Hall–Kier alpha value is -2.48. The van der Waals surface area contributed by atoms with E-state index in [1.54, 1.807) is 36.4 Å².